The molecule has 2 aromatic carbocycles. The summed E-state index contributed by atoms with van der Waals surface area (Å²) in [6.45, 7) is 5.43. The van der Waals surface area contributed by atoms with E-state index in [0.29, 0.717) is 30.0 Å². The van der Waals surface area contributed by atoms with E-state index in [1.165, 1.54) is 5.56 Å². The Morgan fingerprint density at radius 1 is 1.12 bits per heavy atom. The van der Waals surface area contributed by atoms with Crippen molar-refractivity contribution < 1.29 is 9.47 Å². The number of methoxy groups -OCH3 is 1. The molecule has 0 amide bonds. The van der Waals surface area contributed by atoms with Gasteiger partial charge in [-0.15, -0.1) is 0 Å². The fourth-order valence-corrected chi connectivity index (χ4v) is 2.78. The molecular formula is C20H26ClNO2. The summed E-state index contributed by atoms with van der Waals surface area (Å²) in [5, 5.41) is 4.23. The fourth-order valence-electron chi connectivity index (χ4n) is 2.55. The lowest BCUT2D eigenvalue weighted by Crippen LogP contribution is -2.26. The zero-order valence-electron chi connectivity index (χ0n) is 14.6. The van der Waals surface area contributed by atoms with Crippen molar-refractivity contribution in [3.63, 3.8) is 0 Å². The minimum Gasteiger partial charge on any atom is -0.493 e. The van der Waals surface area contributed by atoms with E-state index in [2.05, 4.69) is 36.5 Å². The number of rotatable bonds is 9. The summed E-state index contributed by atoms with van der Waals surface area (Å²) < 4.78 is 10.9. The molecule has 1 atom stereocenters. The van der Waals surface area contributed by atoms with E-state index in [-0.39, 0.29) is 0 Å². The van der Waals surface area contributed by atoms with Gasteiger partial charge in [-0.1, -0.05) is 41.9 Å². The van der Waals surface area contributed by atoms with Crippen molar-refractivity contribution in [3.8, 4) is 11.5 Å². The van der Waals surface area contributed by atoms with Crippen molar-refractivity contribution in [2.45, 2.75) is 39.3 Å². The number of hydrogen-bond acceptors (Lipinski definition) is 3. The van der Waals surface area contributed by atoms with E-state index < -0.39 is 0 Å². The average Bonchev–Trinajstić information content (AvgIpc) is 2.60. The molecule has 0 aromatic heterocycles. The number of hydrogen-bond donors (Lipinski definition) is 1. The van der Waals surface area contributed by atoms with Gasteiger partial charge < -0.3 is 14.8 Å². The summed E-state index contributed by atoms with van der Waals surface area (Å²) in [6.07, 6.45) is 2.14. The van der Waals surface area contributed by atoms with Crippen LogP contribution in [-0.4, -0.2) is 19.8 Å². The van der Waals surface area contributed by atoms with Gasteiger partial charge in [0, 0.05) is 23.7 Å². The molecule has 0 saturated carbocycles. The first-order valence-corrected chi connectivity index (χ1v) is 8.78. The third-order valence-corrected chi connectivity index (χ3v) is 4.33. The van der Waals surface area contributed by atoms with Crippen LogP contribution in [0.25, 0.3) is 0 Å². The highest BCUT2D eigenvalue weighted by atomic mass is 35.5. The largest absolute Gasteiger partial charge is 0.493 e. The zero-order valence-corrected chi connectivity index (χ0v) is 15.4. The van der Waals surface area contributed by atoms with Gasteiger partial charge in [-0.3, -0.25) is 0 Å². The maximum absolute atomic E-state index is 6.37. The Hall–Kier alpha value is -1.71. The quantitative estimate of drug-likeness (QED) is 0.702. The minimum absolute atomic E-state index is 0.402. The topological polar surface area (TPSA) is 30.5 Å². The predicted octanol–water partition coefficient (Wildman–Crippen LogP) is 4.86. The number of nitrogens with one attached hydrogen (secondary N) is 1. The molecule has 0 aliphatic carbocycles. The van der Waals surface area contributed by atoms with Crippen LogP contribution in [0.15, 0.2) is 42.5 Å². The molecule has 0 radical (unpaired) electrons. The summed E-state index contributed by atoms with van der Waals surface area (Å²) in [5.74, 6) is 1.40. The lowest BCUT2D eigenvalue weighted by atomic mass is 10.1. The van der Waals surface area contributed by atoms with Crippen LogP contribution in [0.2, 0.25) is 5.02 Å². The molecule has 0 aliphatic rings. The van der Waals surface area contributed by atoms with E-state index in [1.54, 1.807) is 7.11 Å². The van der Waals surface area contributed by atoms with Crippen molar-refractivity contribution >= 4 is 11.6 Å². The fraction of sp³-hybridized carbons (Fsp3) is 0.400. The Labute approximate surface area is 149 Å². The molecule has 2 rings (SSSR count). The highest BCUT2D eigenvalue weighted by Crippen LogP contribution is 2.33. The average molecular weight is 348 g/mol. The first-order chi connectivity index (χ1) is 11.6. The van der Waals surface area contributed by atoms with E-state index in [9.17, 15) is 0 Å². The summed E-state index contributed by atoms with van der Waals surface area (Å²) >= 11 is 6.37. The summed E-state index contributed by atoms with van der Waals surface area (Å²) in [5.41, 5.74) is 2.38. The van der Waals surface area contributed by atoms with Crippen LogP contribution >= 0.6 is 11.6 Å². The highest BCUT2D eigenvalue weighted by Gasteiger charge is 2.11. The SMILES string of the molecule is CCOc1cc(Cl)c(CNC(C)CCc2ccccc2)cc1OC. The molecule has 0 heterocycles. The predicted molar refractivity (Wildman–Crippen MR) is 100 cm³/mol. The molecule has 2 aromatic rings. The molecule has 1 N–H and O–H groups in total. The number of aryl methyl sites for hydroxylation is 1. The van der Waals surface area contributed by atoms with Gasteiger partial charge in [0.2, 0.25) is 0 Å². The third kappa shape index (κ3) is 5.43. The van der Waals surface area contributed by atoms with Crippen LogP contribution in [-0.2, 0) is 13.0 Å². The van der Waals surface area contributed by atoms with Crippen LogP contribution < -0.4 is 14.8 Å². The first kappa shape index (κ1) is 18.6. The molecule has 0 fully saturated rings. The van der Waals surface area contributed by atoms with Gasteiger partial charge in [-0.05, 0) is 43.9 Å². The standard InChI is InChI=1S/C20H26ClNO2/c1-4-24-20-13-18(21)17(12-19(20)23-3)14-22-15(2)10-11-16-8-6-5-7-9-16/h5-9,12-13,15,22H,4,10-11,14H2,1-3H3. The number of benzene rings is 2. The first-order valence-electron chi connectivity index (χ1n) is 8.40. The van der Waals surface area contributed by atoms with Crippen molar-refractivity contribution in [3.05, 3.63) is 58.6 Å². The lowest BCUT2D eigenvalue weighted by Gasteiger charge is -2.16. The Morgan fingerprint density at radius 2 is 1.88 bits per heavy atom. The van der Waals surface area contributed by atoms with E-state index in [4.69, 9.17) is 21.1 Å². The maximum Gasteiger partial charge on any atom is 0.162 e. The Balaban J connectivity index is 1.91. The van der Waals surface area contributed by atoms with Gasteiger partial charge in [0.25, 0.3) is 0 Å². The Morgan fingerprint density at radius 3 is 2.54 bits per heavy atom. The normalized spacial score (nSPS) is 12.0. The molecule has 0 saturated heterocycles. The monoisotopic (exact) mass is 347 g/mol. The lowest BCUT2D eigenvalue weighted by molar-refractivity contribution is 0.310. The molecule has 0 spiro atoms. The van der Waals surface area contributed by atoms with Gasteiger partial charge in [0.15, 0.2) is 11.5 Å². The van der Waals surface area contributed by atoms with Crippen molar-refractivity contribution in [1.29, 1.82) is 0 Å². The van der Waals surface area contributed by atoms with Crippen LogP contribution in [0.1, 0.15) is 31.4 Å². The highest BCUT2D eigenvalue weighted by molar-refractivity contribution is 6.31. The van der Waals surface area contributed by atoms with Crippen LogP contribution in [0, 0.1) is 0 Å². The van der Waals surface area contributed by atoms with Gasteiger partial charge in [-0.2, -0.15) is 0 Å². The summed E-state index contributed by atoms with van der Waals surface area (Å²) in [4.78, 5) is 0. The summed E-state index contributed by atoms with van der Waals surface area (Å²) in [7, 11) is 1.64. The Kier molecular flexibility index (Phi) is 7.41. The minimum atomic E-state index is 0.402. The zero-order chi connectivity index (χ0) is 17.4. The maximum atomic E-state index is 6.37. The molecule has 1 unspecified atom stereocenters. The molecule has 4 heteroatoms. The second kappa shape index (κ2) is 9.55. The van der Waals surface area contributed by atoms with Crippen molar-refractivity contribution in [2.75, 3.05) is 13.7 Å². The molecule has 24 heavy (non-hydrogen) atoms. The van der Waals surface area contributed by atoms with Crippen LogP contribution in [0.3, 0.4) is 0 Å². The molecular weight excluding hydrogens is 322 g/mol. The molecule has 0 aliphatic heterocycles. The molecule has 3 nitrogen and oxygen atoms in total. The number of halogens is 1. The summed E-state index contributed by atoms with van der Waals surface area (Å²) in [6, 6.07) is 14.7. The van der Waals surface area contributed by atoms with E-state index in [1.807, 2.05) is 25.1 Å². The number of ether oxygens (including phenoxy) is 2. The van der Waals surface area contributed by atoms with Gasteiger partial charge in [0.05, 0.1) is 13.7 Å². The van der Waals surface area contributed by atoms with Gasteiger partial charge in [-0.25, -0.2) is 0 Å². The van der Waals surface area contributed by atoms with Crippen molar-refractivity contribution in [2.24, 2.45) is 0 Å². The van der Waals surface area contributed by atoms with Crippen LogP contribution in [0.4, 0.5) is 0 Å². The van der Waals surface area contributed by atoms with Gasteiger partial charge >= 0.3 is 0 Å². The van der Waals surface area contributed by atoms with Crippen LogP contribution in [0.5, 0.6) is 11.5 Å². The molecule has 0 bridgehead atoms. The second-order valence-electron chi connectivity index (χ2n) is 5.83. The smallest absolute Gasteiger partial charge is 0.162 e. The van der Waals surface area contributed by atoms with E-state index >= 15 is 0 Å². The third-order valence-electron chi connectivity index (χ3n) is 3.98. The van der Waals surface area contributed by atoms with E-state index in [0.717, 1.165) is 24.2 Å². The molecule has 130 valence electrons. The Bertz CT molecular complexity index is 631. The van der Waals surface area contributed by atoms with Crippen molar-refractivity contribution in [1.82, 2.24) is 5.32 Å². The van der Waals surface area contributed by atoms with Gasteiger partial charge in [0.1, 0.15) is 0 Å². The second-order valence-corrected chi connectivity index (χ2v) is 6.24.